The highest BCUT2D eigenvalue weighted by atomic mass is 32.2. The number of sulfonamides is 2. The normalized spacial score (nSPS) is 15.2. The van der Waals surface area contributed by atoms with Crippen molar-refractivity contribution in [1.29, 1.82) is 10.5 Å². The first-order valence-corrected chi connectivity index (χ1v) is 27.7. The van der Waals surface area contributed by atoms with Gasteiger partial charge in [-0.3, -0.25) is 0 Å². The predicted octanol–water partition coefficient (Wildman–Crippen LogP) is 6.74. The number of unbranched alkanes of at least 4 members (excludes halogenated alkanes) is 4. The first kappa shape index (κ1) is 61.2. The Morgan fingerprint density at radius 2 is 1.08 bits per heavy atom. The van der Waals surface area contributed by atoms with Gasteiger partial charge in [0.2, 0.25) is 20.0 Å². The number of methoxy groups -OCH3 is 2. The van der Waals surface area contributed by atoms with Crippen molar-refractivity contribution in [2.45, 2.75) is 124 Å². The number of ether oxygens (including phenoxy) is 5. The summed E-state index contributed by atoms with van der Waals surface area (Å²) in [5.41, 5.74) is 0.984. The van der Waals surface area contributed by atoms with Gasteiger partial charge in [-0.25, -0.2) is 26.4 Å². The first-order valence-electron chi connectivity index (χ1n) is 24.8. The van der Waals surface area contributed by atoms with Crippen LogP contribution in [0.1, 0.15) is 76.8 Å². The van der Waals surface area contributed by atoms with Gasteiger partial charge in [0.25, 0.3) is 0 Å². The zero-order chi connectivity index (χ0) is 54.9. The molecule has 1 aliphatic heterocycles. The molecule has 0 spiro atoms. The maximum Gasteiger partial charge on any atom is 0.407 e. The predicted molar refractivity (Wildman–Crippen MR) is 281 cm³/mol. The molecule has 4 aromatic carbocycles. The minimum absolute atomic E-state index is 0.0546. The van der Waals surface area contributed by atoms with Gasteiger partial charge in [0.05, 0.1) is 73.7 Å². The highest BCUT2D eigenvalue weighted by Gasteiger charge is 2.34. The lowest BCUT2D eigenvalue weighted by molar-refractivity contribution is 0.0402. The number of aliphatic hydroxyl groups excluding tert-OH is 2. The van der Waals surface area contributed by atoms with Crippen LogP contribution in [0.3, 0.4) is 0 Å². The van der Waals surface area contributed by atoms with Crippen molar-refractivity contribution in [3.8, 4) is 23.6 Å². The Bertz CT molecular complexity index is 2640. The van der Waals surface area contributed by atoms with Crippen molar-refractivity contribution in [3.05, 3.63) is 120 Å². The summed E-state index contributed by atoms with van der Waals surface area (Å²) in [5, 5.41) is 45.7. The van der Waals surface area contributed by atoms with Crippen LogP contribution in [0.15, 0.2) is 119 Å². The third-order valence-corrected chi connectivity index (χ3v) is 15.5. The van der Waals surface area contributed by atoms with Crippen LogP contribution in [-0.4, -0.2) is 137 Å². The highest BCUT2D eigenvalue weighted by molar-refractivity contribution is 7.89. The third-order valence-electron chi connectivity index (χ3n) is 11.8. The molecule has 0 aliphatic carbocycles. The van der Waals surface area contributed by atoms with Crippen LogP contribution in [-0.2, 0) is 47.1 Å². The number of carbonyl (C=O) groups is 2. The Balaban J connectivity index is 0.000000325. The SMILES string of the molecule is COc1ccc(S(=O)(=O)N(CCCCC#N)C[C@@H](O)[C@H](Cc2ccccc2)NC(=O)OC(C)(C)C)cc1.COc1ccc(S(=O)(=O)N(CCCCC#N)C[C@@H](O)[C@H](Cc2ccccc2)NC(=O)OC2CCOC2)cc1. The van der Waals surface area contributed by atoms with E-state index >= 15 is 0 Å². The second-order valence-electron chi connectivity index (χ2n) is 18.7. The minimum Gasteiger partial charge on any atom is -0.497 e. The molecule has 5 rings (SSSR count). The van der Waals surface area contributed by atoms with E-state index in [0.717, 1.165) is 11.1 Å². The zero-order valence-corrected chi connectivity index (χ0v) is 45.0. The van der Waals surface area contributed by atoms with E-state index < -0.39 is 62.1 Å². The van der Waals surface area contributed by atoms with Crippen LogP contribution in [0.2, 0.25) is 0 Å². The molecule has 19 nitrogen and oxygen atoms in total. The lowest BCUT2D eigenvalue weighted by Crippen LogP contribution is -2.51. The molecule has 2 amide bonds. The molecule has 21 heteroatoms. The highest BCUT2D eigenvalue weighted by Crippen LogP contribution is 2.24. The maximum atomic E-state index is 13.5. The zero-order valence-electron chi connectivity index (χ0n) is 43.4. The summed E-state index contributed by atoms with van der Waals surface area (Å²) in [7, 11) is -4.98. The lowest BCUT2D eigenvalue weighted by atomic mass is 10.0. The monoisotopic (exact) mass is 1080 g/mol. The van der Waals surface area contributed by atoms with Crippen molar-refractivity contribution in [3.63, 3.8) is 0 Å². The van der Waals surface area contributed by atoms with Crippen LogP contribution in [0.4, 0.5) is 9.59 Å². The number of benzene rings is 4. The van der Waals surface area contributed by atoms with Gasteiger partial charge in [0.1, 0.15) is 23.2 Å². The standard InChI is InChI=1S/C27H35N3O7S.C27H37N3O6S/c1-35-22-10-12-24(13-11-22)38(33,34)30(16-7-3-6-15-28)19-26(31)25(18-21-8-4-2-5-9-21)29-27(32)37-23-14-17-36-20-23;1-27(2,3)36-26(32)29-24(19-21-11-7-5-8-12-21)25(31)20-30(18-10-6-9-17-28)37(33,34)23-15-13-22(35-4)14-16-23/h2,4-5,8-13,23,25-26,31H,3,6-7,14,16-20H2,1H3,(H,29,32);5,7-8,11-16,24-25,31H,6,9-10,18-20H2,1-4H3,(H,29,32)/t23?,25-,26+;24-,25+/m00/s1. The van der Waals surface area contributed by atoms with Crippen LogP contribution < -0.4 is 20.1 Å². The molecule has 0 aromatic heterocycles. The van der Waals surface area contributed by atoms with Crippen LogP contribution in [0, 0.1) is 22.7 Å². The van der Waals surface area contributed by atoms with E-state index in [2.05, 4.69) is 22.8 Å². The lowest BCUT2D eigenvalue weighted by Gasteiger charge is -2.30. The van der Waals surface area contributed by atoms with Gasteiger partial charge in [0.15, 0.2) is 0 Å². The van der Waals surface area contributed by atoms with Crippen molar-refractivity contribution >= 4 is 32.2 Å². The fraction of sp³-hybridized carbons (Fsp3) is 0.481. The van der Waals surface area contributed by atoms with Crippen molar-refractivity contribution < 1.29 is 60.3 Å². The Morgan fingerprint density at radius 3 is 1.44 bits per heavy atom. The smallest absolute Gasteiger partial charge is 0.407 e. The molecule has 4 aromatic rings. The molecule has 1 fully saturated rings. The molecule has 1 aliphatic rings. The number of hydrogen-bond acceptors (Lipinski definition) is 15. The average Bonchev–Trinajstić information content (AvgIpc) is 3.90. The summed E-state index contributed by atoms with van der Waals surface area (Å²) in [5.74, 6) is 1.03. The quantitative estimate of drug-likeness (QED) is 0.0450. The summed E-state index contributed by atoms with van der Waals surface area (Å²) >= 11 is 0. The Labute approximate surface area is 442 Å². The Hall–Kier alpha value is -6.30. The molecule has 1 heterocycles. The van der Waals surface area contributed by atoms with Gasteiger partial charge >= 0.3 is 12.2 Å². The van der Waals surface area contributed by atoms with Crippen LogP contribution in [0.5, 0.6) is 11.5 Å². The molecule has 1 saturated heterocycles. The van der Waals surface area contributed by atoms with E-state index in [9.17, 15) is 36.6 Å². The summed E-state index contributed by atoms with van der Waals surface area (Å²) in [6.07, 6.45) is -0.596. The van der Waals surface area contributed by atoms with Crippen molar-refractivity contribution in [2.75, 3.05) is 53.6 Å². The third kappa shape index (κ3) is 21.1. The Morgan fingerprint density at radius 1 is 0.667 bits per heavy atom. The number of carbonyl (C=O) groups excluding carboxylic acids is 2. The van der Waals surface area contributed by atoms with Crippen LogP contribution in [0.25, 0.3) is 0 Å². The average molecular weight is 1080 g/mol. The minimum atomic E-state index is -3.99. The van der Waals surface area contributed by atoms with E-state index in [0.29, 0.717) is 69.7 Å². The second kappa shape index (κ2) is 30.9. The fourth-order valence-corrected chi connectivity index (χ4v) is 10.8. The number of nitriles is 2. The van der Waals surface area contributed by atoms with Gasteiger partial charge in [-0.1, -0.05) is 60.7 Å². The molecule has 4 N–H and O–H groups in total. The summed E-state index contributed by atoms with van der Waals surface area (Å²) < 4.78 is 82.8. The molecule has 0 bridgehead atoms. The molecular formula is C54H72N6O13S2. The number of alkyl carbamates (subject to hydrolysis) is 2. The maximum absolute atomic E-state index is 13.5. The van der Waals surface area contributed by atoms with Crippen LogP contribution >= 0.6 is 0 Å². The number of amides is 2. The van der Waals surface area contributed by atoms with E-state index in [-0.39, 0.29) is 54.9 Å². The van der Waals surface area contributed by atoms with E-state index in [4.69, 9.17) is 34.2 Å². The molecule has 75 heavy (non-hydrogen) atoms. The van der Waals surface area contributed by atoms with E-state index in [1.54, 1.807) is 45.0 Å². The van der Waals surface area contributed by atoms with Crippen molar-refractivity contribution in [2.24, 2.45) is 0 Å². The van der Waals surface area contributed by atoms with Gasteiger partial charge < -0.3 is 44.5 Å². The molecule has 408 valence electrons. The van der Waals surface area contributed by atoms with E-state index in [1.165, 1.54) is 47.1 Å². The van der Waals surface area contributed by atoms with Gasteiger partial charge in [-0.05, 0) is 119 Å². The number of nitrogens with one attached hydrogen (secondary N) is 2. The van der Waals surface area contributed by atoms with Gasteiger partial charge in [-0.15, -0.1) is 0 Å². The summed E-state index contributed by atoms with van der Waals surface area (Å²) in [6.45, 7) is 5.73. The first-order chi connectivity index (χ1) is 35.8. The number of aliphatic hydroxyl groups is 2. The molecule has 5 atom stereocenters. The van der Waals surface area contributed by atoms with Crippen molar-refractivity contribution in [1.82, 2.24) is 19.2 Å². The fourth-order valence-electron chi connectivity index (χ4n) is 7.77. The molecule has 1 unspecified atom stereocenters. The Kier molecular flexibility index (Phi) is 25.2. The number of rotatable bonds is 27. The summed E-state index contributed by atoms with van der Waals surface area (Å²) in [4.78, 5) is 25.3. The second-order valence-corrected chi connectivity index (χ2v) is 22.6. The van der Waals surface area contributed by atoms with E-state index in [1.807, 2.05) is 60.7 Å². The number of hydrogen-bond donors (Lipinski definition) is 4. The largest absolute Gasteiger partial charge is 0.497 e. The molecular weight excluding hydrogens is 1000 g/mol. The van der Waals surface area contributed by atoms with Gasteiger partial charge in [-0.2, -0.15) is 19.1 Å². The topological polar surface area (TPSA) is 267 Å². The van der Waals surface area contributed by atoms with Gasteiger partial charge in [0, 0.05) is 45.4 Å². The number of nitrogens with zero attached hydrogens (tertiary/aromatic N) is 4. The molecule has 0 saturated carbocycles. The molecule has 0 radical (unpaired) electrons. The summed E-state index contributed by atoms with van der Waals surface area (Å²) in [6, 6.07) is 33.1.